The van der Waals surface area contributed by atoms with Crippen molar-refractivity contribution in [3.8, 4) is 16.9 Å². The number of nitrogens with zero attached hydrogens (tertiary/aromatic N) is 1. The Morgan fingerprint density at radius 3 is 2.50 bits per heavy atom. The van der Waals surface area contributed by atoms with Gasteiger partial charge in [-0.05, 0) is 11.6 Å². The lowest BCUT2D eigenvalue weighted by Crippen LogP contribution is -1.88. The first kappa shape index (κ1) is 10.2. The normalized spacial score (nSPS) is 10.0. The first-order chi connectivity index (χ1) is 7.68. The summed E-state index contributed by atoms with van der Waals surface area (Å²) in [4.78, 5) is 10.2. The predicted octanol–water partition coefficient (Wildman–Crippen LogP) is 2.97. The topological polar surface area (TPSA) is 63.4 Å². The van der Waals surface area contributed by atoms with E-state index >= 15 is 0 Å². The third kappa shape index (κ3) is 1.86. The maximum absolute atomic E-state index is 10.6. The van der Waals surface area contributed by atoms with Crippen LogP contribution >= 0.6 is 0 Å². The van der Waals surface area contributed by atoms with E-state index in [0.717, 1.165) is 0 Å². The summed E-state index contributed by atoms with van der Waals surface area (Å²) < 4.78 is 0. The minimum atomic E-state index is -0.455. The Kier molecular flexibility index (Phi) is 2.55. The molecule has 0 fully saturated rings. The maximum Gasteiger partial charge on any atom is 0.270 e. The maximum atomic E-state index is 10.6. The highest BCUT2D eigenvalue weighted by Crippen LogP contribution is 2.30. The summed E-state index contributed by atoms with van der Waals surface area (Å²) in [7, 11) is 0. The van der Waals surface area contributed by atoms with Gasteiger partial charge >= 0.3 is 0 Å². The standard InChI is InChI=1S/C12H9NO3/c14-12-7-2-1-6-11(12)9-4-3-5-10(8-9)13(15)16/h1-8,14H. The summed E-state index contributed by atoms with van der Waals surface area (Å²) in [6.45, 7) is 0. The van der Waals surface area contributed by atoms with E-state index < -0.39 is 4.92 Å². The van der Waals surface area contributed by atoms with Gasteiger partial charge in [-0.2, -0.15) is 0 Å². The molecule has 0 heterocycles. The fourth-order valence-electron chi connectivity index (χ4n) is 1.50. The van der Waals surface area contributed by atoms with Crippen molar-refractivity contribution >= 4 is 5.69 Å². The Morgan fingerprint density at radius 1 is 1.06 bits per heavy atom. The lowest BCUT2D eigenvalue weighted by molar-refractivity contribution is -0.384. The van der Waals surface area contributed by atoms with Crippen molar-refractivity contribution in [3.05, 3.63) is 58.6 Å². The van der Waals surface area contributed by atoms with E-state index in [0.29, 0.717) is 11.1 Å². The number of nitro groups is 1. The molecule has 0 aliphatic rings. The Hall–Kier alpha value is -2.36. The van der Waals surface area contributed by atoms with Gasteiger partial charge in [0.25, 0.3) is 5.69 Å². The number of phenolic OH excluding ortho intramolecular Hbond substituents is 1. The minimum Gasteiger partial charge on any atom is -0.507 e. The minimum absolute atomic E-state index is 0.0146. The van der Waals surface area contributed by atoms with E-state index in [1.807, 2.05) is 0 Å². The van der Waals surface area contributed by atoms with E-state index in [2.05, 4.69) is 0 Å². The molecule has 16 heavy (non-hydrogen) atoms. The fourth-order valence-corrected chi connectivity index (χ4v) is 1.50. The molecule has 0 spiro atoms. The van der Waals surface area contributed by atoms with Crippen molar-refractivity contribution < 1.29 is 10.0 Å². The van der Waals surface area contributed by atoms with Gasteiger partial charge in [-0.1, -0.05) is 30.3 Å². The zero-order chi connectivity index (χ0) is 11.5. The van der Waals surface area contributed by atoms with Crippen molar-refractivity contribution in [2.45, 2.75) is 0 Å². The van der Waals surface area contributed by atoms with E-state index in [4.69, 9.17) is 0 Å². The van der Waals surface area contributed by atoms with Gasteiger partial charge in [0.15, 0.2) is 0 Å². The van der Waals surface area contributed by atoms with Crippen LogP contribution in [-0.2, 0) is 0 Å². The highest BCUT2D eigenvalue weighted by Gasteiger charge is 2.08. The summed E-state index contributed by atoms with van der Waals surface area (Å²) in [5, 5.41) is 20.2. The molecule has 0 unspecified atom stereocenters. The van der Waals surface area contributed by atoms with Crippen LogP contribution in [-0.4, -0.2) is 10.0 Å². The lowest BCUT2D eigenvalue weighted by Gasteiger charge is -2.03. The number of para-hydroxylation sites is 1. The highest BCUT2D eigenvalue weighted by molar-refractivity contribution is 5.71. The SMILES string of the molecule is O=[N+]([O-])c1cccc(-c2ccccc2O)c1. The van der Waals surface area contributed by atoms with Crippen molar-refractivity contribution in [3.63, 3.8) is 0 Å². The van der Waals surface area contributed by atoms with Crippen molar-refractivity contribution in [2.75, 3.05) is 0 Å². The predicted molar refractivity (Wildman–Crippen MR) is 60.2 cm³/mol. The molecule has 0 aromatic heterocycles. The molecule has 0 saturated carbocycles. The monoisotopic (exact) mass is 215 g/mol. The van der Waals surface area contributed by atoms with Crippen LogP contribution in [0.1, 0.15) is 0 Å². The molecular weight excluding hydrogens is 206 g/mol. The van der Waals surface area contributed by atoms with E-state index in [9.17, 15) is 15.2 Å². The molecule has 0 atom stereocenters. The summed E-state index contributed by atoms with van der Waals surface area (Å²) >= 11 is 0. The molecule has 0 radical (unpaired) electrons. The number of benzene rings is 2. The Balaban J connectivity index is 2.53. The van der Waals surface area contributed by atoms with Crippen LogP contribution < -0.4 is 0 Å². The van der Waals surface area contributed by atoms with Gasteiger partial charge < -0.3 is 5.11 Å². The summed E-state index contributed by atoms with van der Waals surface area (Å²) in [5.74, 6) is 0.114. The Labute approximate surface area is 91.9 Å². The van der Waals surface area contributed by atoms with Crippen molar-refractivity contribution in [1.29, 1.82) is 0 Å². The smallest absolute Gasteiger partial charge is 0.270 e. The molecule has 1 N–H and O–H groups in total. The average molecular weight is 215 g/mol. The summed E-state index contributed by atoms with van der Waals surface area (Å²) in [6.07, 6.45) is 0. The van der Waals surface area contributed by atoms with Crippen LogP contribution in [0.4, 0.5) is 5.69 Å². The van der Waals surface area contributed by atoms with E-state index in [-0.39, 0.29) is 11.4 Å². The second-order valence-electron chi connectivity index (χ2n) is 3.32. The number of nitro benzene ring substituents is 1. The van der Waals surface area contributed by atoms with Gasteiger partial charge in [0.05, 0.1) is 4.92 Å². The highest BCUT2D eigenvalue weighted by atomic mass is 16.6. The Bertz CT molecular complexity index is 537. The van der Waals surface area contributed by atoms with E-state index in [1.165, 1.54) is 12.1 Å². The molecule has 2 aromatic carbocycles. The molecular formula is C12H9NO3. The molecule has 0 saturated heterocycles. The van der Waals surface area contributed by atoms with Crippen LogP contribution in [0.2, 0.25) is 0 Å². The van der Waals surface area contributed by atoms with Gasteiger partial charge in [0.2, 0.25) is 0 Å². The van der Waals surface area contributed by atoms with Gasteiger partial charge in [0, 0.05) is 17.7 Å². The van der Waals surface area contributed by atoms with Crippen LogP contribution in [0.5, 0.6) is 5.75 Å². The number of rotatable bonds is 2. The quantitative estimate of drug-likeness (QED) is 0.618. The van der Waals surface area contributed by atoms with Gasteiger partial charge in [-0.25, -0.2) is 0 Å². The fraction of sp³-hybridized carbons (Fsp3) is 0. The largest absolute Gasteiger partial charge is 0.507 e. The van der Waals surface area contributed by atoms with E-state index in [1.54, 1.807) is 36.4 Å². The number of hydrogen-bond acceptors (Lipinski definition) is 3. The molecule has 2 aromatic rings. The van der Waals surface area contributed by atoms with Crippen LogP contribution in [0.15, 0.2) is 48.5 Å². The third-order valence-corrected chi connectivity index (χ3v) is 2.27. The number of non-ortho nitro benzene ring substituents is 1. The van der Waals surface area contributed by atoms with Crippen LogP contribution in [0.25, 0.3) is 11.1 Å². The van der Waals surface area contributed by atoms with Crippen LogP contribution in [0.3, 0.4) is 0 Å². The number of aromatic hydroxyl groups is 1. The van der Waals surface area contributed by atoms with Crippen molar-refractivity contribution in [1.82, 2.24) is 0 Å². The zero-order valence-electron chi connectivity index (χ0n) is 8.33. The first-order valence-electron chi connectivity index (χ1n) is 4.71. The molecule has 0 aliphatic heterocycles. The Morgan fingerprint density at radius 2 is 1.81 bits per heavy atom. The molecule has 2 rings (SSSR count). The molecule has 4 nitrogen and oxygen atoms in total. The molecule has 0 bridgehead atoms. The summed E-state index contributed by atoms with van der Waals surface area (Å²) in [6, 6.07) is 12.9. The lowest BCUT2D eigenvalue weighted by atomic mass is 10.0. The van der Waals surface area contributed by atoms with Gasteiger partial charge in [-0.15, -0.1) is 0 Å². The second-order valence-corrected chi connectivity index (χ2v) is 3.32. The second kappa shape index (κ2) is 4.02. The van der Waals surface area contributed by atoms with Gasteiger partial charge in [0.1, 0.15) is 5.75 Å². The third-order valence-electron chi connectivity index (χ3n) is 2.27. The molecule has 4 heteroatoms. The van der Waals surface area contributed by atoms with Crippen LogP contribution in [0, 0.1) is 10.1 Å². The van der Waals surface area contributed by atoms with Crippen molar-refractivity contribution in [2.24, 2.45) is 0 Å². The number of hydrogen-bond donors (Lipinski definition) is 1. The first-order valence-corrected chi connectivity index (χ1v) is 4.71. The average Bonchev–Trinajstić information content (AvgIpc) is 2.30. The zero-order valence-corrected chi connectivity index (χ0v) is 8.33. The summed E-state index contributed by atoms with van der Waals surface area (Å²) in [5.41, 5.74) is 1.24. The molecule has 0 aliphatic carbocycles. The van der Waals surface area contributed by atoms with Gasteiger partial charge in [-0.3, -0.25) is 10.1 Å². The number of phenols is 1. The molecule has 80 valence electrons. The molecule has 0 amide bonds.